The highest BCUT2D eigenvalue weighted by Gasteiger charge is 2.20. The number of hydrogen-bond donors (Lipinski definition) is 1. The number of hydrogen-bond acceptors (Lipinski definition) is 6. The largest absolute Gasteiger partial charge is 0.490 e. The van der Waals surface area contributed by atoms with Crippen molar-refractivity contribution < 1.29 is 19.2 Å². The number of rotatable bonds is 5. The van der Waals surface area contributed by atoms with Gasteiger partial charge in [0.15, 0.2) is 11.5 Å². The lowest BCUT2D eigenvalue weighted by Crippen LogP contribution is -2.22. The Morgan fingerprint density at radius 1 is 1.19 bits per heavy atom. The third kappa shape index (κ3) is 4.26. The van der Waals surface area contributed by atoms with Crippen LogP contribution in [-0.2, 0) is 4.79 Å². The van der Waals surface area contributed by atoms with Crippen molar-refractivity contribution in [3.05, 3.63) is 52.6 Å². The standard InChI is InChI=1S/C18H18N2O5S/c1-12(18(21)19-14-5-2-3-6-15(14)20(22)23)26-13-7-8-16-17(11-13)25-10-4-9-24-16/h2-3,5-8,11-12H,4,9-10H2,1H3,(H,19,21)/t12-/m0/s1. The predicted molar refractivity (Wildman–Crippen MR) is 99.1 cm³/mol. The summed E-state index contributed by atoms with van der Waals surface area (Å²) in [4.78, 5) is 23.8. The van der Waals surface area contributed by atoms with Crippen LogP contribution in [0, 0.1) is 10.1 Å². The molecule has 0 fully saturated rings. The van der Waals surface area contributed by atoms with E-state index in [2.05, 4.69) is 5.32 Å². The minimum Gasteiger partial charge on any atom is -0.490 e. The molecule has 8 heteroatoms. The highest BCUT2D eigenvalue weighted by molar-refractivity contribution is 8.00. The number of para-hydroxylation sites is 2. The molecule has 1 aliphatic heterocycles. The van der Waals surface area contributed by atoms with Crippen molar-refractivity contribution in [1.29, 1.82) is 0 Å². The number of benzene rings is 2. The van der Waals surface area contributed by atoms with Gasteiger partial charge in [0.25, 0.3) is 5.69 Å². The Morgan fingerprint density at radius 3 is 2.69 bits per heavy atom. The molecule has 0 saturated carbocycles. The summed E-state index contributed by atoms with van der Waals surface area (Å²) >= 11 is 1.35. The Bertz CT molecular complexity index is 827. The topological polar surface area (TPSA) is 90.7 Å². The third-order valence-electron chi connectivity index (χ3n) is 3.76. The minimum absolute atomic E-state index is 0.131. The van der Waals surface area contributed by atoms with E-state index in [9.17, 15) is 14.9 Å². The first kappa shape index (κ1) is 18.1. The summed E-state index contributed by atoms with van der Waals surface area (Å²) in [5, 5.41) is 13.2. The third-order valence-corrected chi connectivity index (χ3v) is 4.85. The molecule has 1 N–H and O–H groups in total. The van der Waals surface area contributed by atoms with Crippen LogP contribution in [0.2, 0.25) is 0 Å². The molecule has 26 heavy (non-hydrogen) atoms. The lowest BCUT2D eigenvalue weighted by molar-refractivity contribution is -0.383. The first-order valence-corrected chi connectivity index (χ1v) is 9.03. The number of nitrogens with zero attached hydrogens (tertiary/aromatic N) is 1. The summed E-state index contributed by atoms with van der Waals surface area (Å²) in [6, 6.07) is 11.6. The number of nitrogens with one attached hydrogen (secondary N) is 1. The van der Waals surface area contributed by atoms with Crippen molar-refractivity contribution in [2.75, 3.05) is 18.5 Å². The van der Waals surface area contributed by atoms with Crippen LogP contribution in [0.3, 0.4) is 0 Å². The maximum atomic E-state index is 12.4. The molecule has 0 saturated heterocycles. The molecule has 3 rings (SSSR count). The zero-order valence-electron chi connectivity index (χ0n) is 14.1. The summed E-state index contributed by atoms with van der Waals surface area (Å²) in [6.07, 6.45) is 0.825. The highest BCUT2D eigenvalue weighted by atomic mass is 32.2. The fraction of sp³-hybridized carbons (Fsp3) is 0.278. The molecule has 1 atom stereocenters. The lowest BCUT2D eigenvalue weighted by Gasteiger charge is -2.14. The Kier molecular flexibility index (Phi) is 5.62. The van der Waals surface area contributed by atoms with Gasteiger partial charge in [-0.25, -0.2) is 0 Å². The quantitative estimate of drug-likeness (QED) is 0.485. The van der Waals surface area contributed by atoms with Crippen molar-refractivity contribution in [2.24, 2.45) is 0 Å². The van der Waals surface area contributed by atoms with Crippen molar-refractivity contribution in [3.8, 4) is 11.5 Å². The normalized spacial score (nSPS) is 14.2. The number of anilines is 1. The van der Waals surface area contributed by atoms with Crippen LogP contribution in [0.5, 0.6) is 11.5 Å². The molecular formula is C18H18N2O5S. The number of nitro benzene ring substituents is 1. The number of amides is 1. The first-order chi connectivity index (χ1) is 12.5. The molecule has 2 aromatic carbocycles. The van der Waals surface area contributed by atoms with E-state index in [1.807, 2.05) is 18.2 Å². The van der Waals surface area contributed by atoms with Crippen LogP contribution in [0.25, 0.3) is 0 Å². The summed E-state index contributed by atoms with van der Waals surface area (Å²) in [5.74, 6) is 1.05. The molecule has 1 heterocycles. The summed E-state index contributed by atoms with van der Waals surface area (Å²) in [7, 11) is 0. The molecule has 1 amide bonds. The van der Waals surface area contributed by atoms with Gasteiger partial charge in [-0.05, 0) is 31.2 Å². The van der Waals surface area contributed by atoms with Crippen molar-refractivity contribution >= 4 is 29.0 Å². The molecule has 0 aromatic heterocycles. The van der Waals surface area contributed by atoms with Crippen molar-refractivity contribution in [2.45, 2.75) is 23.5 Å². The molecule has 0 radical (unpaired) electrons. The monoisotopic (exact) mass is 374 g/mol. The van der Waals surface area contributed by atoms with Gasteiger partial charge in [-0.3, -0.25) is 14.9 Å². The summed E-state index contributed by atoms with van der Waals surface area (Å²) in [6.45, 7) is 2.96. The number of ether oxygens (including phenoxy) is 2. The van der Waals surface area contributed by atoms with Gasteiger partial charge < -0.3 is 14.8 Å². The number of nitro groups is 1. The van der Waals surface area contributed by atoms with Gasteiger partial charge in [0.2, 0.25) is 5.91 Å². The fourth-order valence-electron chi connectivity index (χ4n) is 2.45. The molecule has 7 nitrogen and oxygen atoms in total. The van der Waals surface area contributed by atoms with Crippen LogP contribution in [-0.4, -0.2) is 29.3 Å². The van der Waals surface area contributed by atoms with Gasteiger partial charge >= 0.3 is 0 Å². The molecule has 136 valence electrons. The second kappa shape index (κ2) is 8.09. The van der Waals surface area contributed by atoms with E-state index in [4.69, 9.17) is 9.47 Å². The number of carbonyl (C=O) groups is 1. The summed E-state index contributed by atoms with van der Waals surface area (Å²) < 4.78 is 11.2. The van der Waals surface area contributed by atoms with Gasteiger partial charge in [0, 0.05) is 17.4 Å². The van der Waals surface area contributed by atoms with Gasteiger partial charge in [-0.2, -0.15) is 0 Å². The molecule has 0 spiro atoms. The Morgan fingerprint density at radius 2 is 1.92 bits per heavy atom. The van der Waals surface area contributed by atoms with Gasteiger partial charge in [-0.1, -0.05) is 12.1 Å². The van der Waals surface area contributed by atoms with E-state index in [0.717, 1.165) is 11.3 Å². The summed E-state index contributed by atoms with van der Waals surface area (Å²) in [5.41, 5.74) is 0.0576. The zero-order valence-corrected chi connectivity index (χ0v) is 15.0. The van der Waals surface area contributed by atoms with E-state index >= 15 is 0 Å². The predicted octanol–water partition coefficient (Wildman–Crippen LogP) is 3.88. The smallest absolute Gasteiger partial charge is 0.292 e. The first-order valence-electron chi connectivity index (χ1n) is 8.15. The average molecular weight is 374 g/mol. The van der Waals surface area contributed by atoms with E-state index in [0.29, 0.717) is 24.7 Å². The van der Waals surface area contributed by atoms with Crippen molar-refractivity contribution in [1.82, 2.24) is 0 Å². The van der Waals surface area contributed by atoms with E-state index in [1.54, 1.807) is 19.1 Å². The maximum Gasteiger partial charge on any atom is 0.292 e. The van der Waals surface area contributed by atoms with Crippen LogP contribution in [0.4, 0.5) is 11.4 Å². The maximum absolute atomic E-state index is 12.4. The zero-order chi connectivity index (χ0) is 18.5. The van der Waals surface area contributed by atoms with Gasteiger partial charge in [0.1, 0.15) is 5.69 Å². The van der Waals surface area contributed by atoms with E-state index < -0.39 is 10.2 Å². The van der Waals surface area contributed by atoms with E-state index in [1.165, 1.54) is 23.9 Å². The van der Waals surface area contributed by atoms with Crippen LogP contribution < -0.4 is 14.8 Å². The molecule has 0 aliphatic carbocycles. The van der Waals surface area contributed by atoms with Gasteiger partial charge in [-0.15, -0.1) is 11.8 Å². The molecular weight excluding hydrogens is 356 g/mol. The second-order valence-electron chi connectivity index (χ2n) is 5.68. The van der Waals surface area contributed by atoms with Crippen LogP contribution in [0.15, 0.2) is 47.4 Å². The molecule has 0 bridgehead atoms. The van der Waals surface area contributed by atoms with Crippen LogP contribution >= 0.6 is 11.8 Å². The SMILES string of the molecule is C[C@H](Sc1ccc2c(c1)OCCCO2)C(=O)Nc1ccccc1[N+](=O)[O-]. The fourth-order valence-corrected chi connectivity index (χ4v) is 3.34. The molecule has 2 aromatic rings. The Hall–Kier alpha value is -2.74. The van der Waals surface area contributed by atoms with Crippen molar-refractivity contribution in [3.63, 3.8) is 0 Å². The van der Waals surface area contributed by atoms with E-state index in [-0.39, 0.29) is 17.3 Å². The van der Waals surface area contributed by atoms with Gasteiger partial charge in [0.05, 0.1) is 23.4 Å². The highest BCUT2D eigenvalue weighted by Crippen LogP contribution is 2.35. The number of thioether (sulfide) groups is 1. The number of fused-ring (bicyclic) bond motifs is 1. The minimum atomic E-state index is -0.517. The lowest BCUT2D eigenvalue weighted by atomic mass is 10.2. The molecule has 0 unspecified atom stereocenters. The average Bonchev–Trinajstić information content (AvgIpc) is 2.86. The number of carbonyl (C=O) groups excluding carboxylic acids is 1. The second-order valence-corrected chi connectivity index (χ2v) is 7.10. The molecule has 1 aliphatic rings. The Balaban J connectivity index is 1.68. The Labute approximate surface area is 154 Å². The van der Waals surface area contributed by atoms with Crippen LogP contribution in [0.1, 0.15) is 13.3 Å².